The van der Waals surface area contributed by atoms with Crippen LogP contribution >= 0.6 is 0 Å². The number of benzene rings is 1. The average molecular weight is 414 g/mol. The summed E-state index contributed by atoms with van der Waals surface area (Å²) in [5.74, 6) is -0.646. The molecule has 30 heavy (non-hydrogen) atoms. The molecule has 8 heteroatoms. The number of hydrazine groups is 1. The lowest BCUT2D eigenvalue weighted by Crippen LogP contribution is -2.54. The molecule has 8 nitrogen and oxygen atoms in total. The van der Waals surface area contributed by atoms with Gasteiger partial charge in [-0.05, 0) is 43.9 Å². The Bertz CT molecular complexity index is 841. The van der Waals surface area contributed by atoms with Crippen molar-refractivity contribution in [3.63, 3.8) is 0 Å². The van der Waals surface area contributed by atoms with Crippen LogP contribution in [0.5, 0.6) is 0 Å². The summed E-state index contributed by atoms with van der Waals surface area (Å²) in [5, 5.41) is 3.70. The van der Waals surface area contributed by atoms with E-state index in [9.17, 15) is 14.4 Å². The Hall–Kier alpha value is -2.61. The van der Waals surface area contributed by atoms with Crippen LogP contribution in [0.1, 0.15) is 43.2 Å². The molecule has 4 amide bonds. The first-order chi connectivity index (χ1) is 14.4. The van der Waals surface area contributed by atoms with Crippen LogP contribution in [0.4, 0.5) is 10.5 Å². The number of aryl methyl sites for hydroxylation is 1. The van der Waals surface area contributed by atoms with Crippen LogP contribution in [-0.2, 0) is 9.59 Å². The molecule has 0 radical (unpaired) electrons. The first kappa shape index (κ1) is 20.7. The number of urea groups is 1. The second kappa shape index (κ2) is 8.26. The number of rotatable bonds is 4. The van der Waals surface area contributed by atoms with Crippen molar-refractivity contribution in [1.82, 2.24) is 20.7 Å². The summed E-state index contributed by atoms with van der Waals surface area (Å²) in [6, 6.07) is 5.82. The number of carbonyl (C=O) groups excluding carboxylic acids is 3. The van der Waals surface area contributed by atoms with E-state index in [0.29, 0.717) is 12.8 Å². The Morgan fingerprint density at radius 1 is 1.07 bits per heavy atom. The zero-order chi connectivity index (χ0) is 21.3. The molecule has 2 heterocycles. The Balaban J connectivity index is 1.30. The summed E-state index contributed by atoms with van der Waals surface area (Å²) >= 11 is 0. The van der Waals surface area contributed by atoms with Crippen molar-refractivity contribution in [2.45, 2.75) is 51.5 Å². The lowest BCUT2D eigenvalue weighted by molar-refractivity contribution is -0.140. The van der Waals surface area contributed by atoms with Gasteiger partial charge in [0.2, 0.25) is 0 Å². The number of nitrogens with one attached hydrogen (secondary N) is 2. The van der Waals surface area contributed by atoms with Gasteiger partial charge in [-0.2, -0.15) is 5.01 Å². The molecule has 1 saturated carbocycles. The van der Waals surface area contributed by atoms with Crippen molar-refractivity contribution in [3.05, 3.63) is 29.3 Å². The van der Waals surface area contributed by atoms with Gasteiger partial charge in [0.15, 0.2) is 0 Å². The zero-order valence-electron chi connectivity index (χ0n) is 17.9. The van der Waals surface area contributed by atoms with E-state index in [4.69, 9.17) is 0 Å². The molecule has 2 aliphatic heterocycles. The maximum absolute atomic E-state index is 12.8. The van der Waals surface area contributed by atoms with Crippen LogP contribution < -0.4 is 15.6 Å². The highest BCUT2D eigenvalue weighted by Gasteiger charge is 2.52. The molecule has 1 spiro atoms. The van der Waals surface area contributed by atoms with E-state index in [2.05, 4.69) is 52.6 Å². The zero-order valence-corrected chi connectivity index (χ0v) is 17.9. The highest BCUT2D eigenvalue weighted by atomic mass is 16.2. The van der Waals surface area contributed by atoms with Gasteiger partial charge < -0.3 is 10.2 Å². The first-order valence-corrected chi connectivity index (χ1v) is 10.9. The topological polar surface area (TPSA) is 85.0 Å². The molecule has 0 bridgehead atoms. The normalized spacial score (nSPS) is 21.8. The molecule has 2 saturated heterocycles. The standard InChI is InChI=1S/C22H31N5O3/c1-16-7-6-8-18(17(16)2)26-13-11-25(12-14-26)15-19(28)24-27-20(29)22(23-21(27)30)9-4-3-5-10-22/h6-8H,3-5,9-15H2,1-2H3,(H,23,30)(H,24,28). The maximum Gasteiger partial charge on any atom is 0.344 e. The predicted octanol–water partition coefficient (Wildman–Crippen LogP) is 1.71. The number of piperazine rings is 1. The molecule has 1 aromatic carbocycles. The van der Waals surface area contributed by atoms with Crippen LogP contribution in [0.15, 0.2) is 18.2 Å². The summed E-state index contributed by atoms with van der Waals surface area (Å²) < 4.78 is 0. The van der Waals surface area contributed by atoms with E-state index in [1.807, 2.05) is 0 Å². The molecule has 1 aromatic rings. The summed E-state index contributed by atoms with van der Waals surface area (Å²) in [6.45, 7) is 7.61. The van der Waals surface area contributed by atoms with Gasteiger partial charge in [0, 0.05) is 31.9 Å². The van der Waals surface area contributed by atoms with Crippen LogP contribution in [-0.4, -0.2) is 66.0 Å². The van der Waals surface area contributed by atoms with Crippen molar-refractivity contribution in [2.75, 3.05) is 37.6 Å². The second-order valence-corrected chi connectivity index (χ2v) is 8.73. The van der Waals surface area contributed by atoms with Crippen molar-refractivity contribution in [3.8, 4) is 0 Å². The Morgan fingerprint density at radius 3 is 2.47 bits per heavy atom. The molecular weight excluding hydrogens is 382 g/mol. The first-order valence-electron chi connectivity index (χ1n) is 10.9. The van der Waals surface area contributed by atoms with Gasteiger partial charge in [-0.1, -0.05) is 31.4 Å². The van der Waals surface area contributed by atoms with Gasteiger partial charge in [0.05, 0.1) is 6.54 Å². The van der Waals surface area contributed by atoms with Crippen molar-refractivity contribution in [1.29, 1.82) is 0 Å². The maximum atomic E-state index is 12.8. The number of imide groups is 1. The molecule has 4 rings (SSSR count). The monoisotopic (exact) mass is 413 g/mol. The largest absolute Gasteiger partial charge is 0.369 e. The number of anilines is 1. The van der Waals surface area contributed by atoms with Gasteiger partial charge in [-0.15, -0.1) is 0 Å². The third-order valence-corrected chi connectivity index (χ3v) is 6.76. The third-order valence-electron chi connectivity index (χ3n) is 6.76. The number of amides is 4. The van der Waals surface area contributed by atoms with Gasteiger partial charge >= 0.3 is 6.03 Å². The lowest BCUT2D eigenvalue weighted by Gasteiger charge is -2.36. The van der Waals surface area contributed by atoms with Crippen molar-refractivity contribution >= 4 is 23.5 Å². The third kappa shape index (κ3) is 3.88. The van der Waals surface area contributed by atoms with Gasteiger partial charge in [-0.25, -0.2) is 4.79 Å². The minimum Gasteiger partial charge on any atom is -0.369 e. The SMILES string of the molecule is Cc1cccc(N2CCN(CC(=O)NN3C(=O)NC4(CCCCC4)C3=O)CC2)c1C. The molecule has 3 aliphatic rings. The molecule has 0 atom stereocenters. The predicted molar refractivity (Wildman–Crippen MR) is 114 cm³/mol. The number of hydrogen-bond acceptors (Lipinski definition) is 5. The highest BCUT2D eigenvalue weighted by molar-refractivity contribution is 6.08. The van der Waals surface area contributed by atoms with E-state index >= 15 is 0 Å². The molecule has 0 unspecified atom stereocenters. The van der Waals surface area contributed by atoms with Gasteiger partial charge in [-0.3, -0.25) is 19.9 Å². The Morgan fingerprint density at radius 2 is 1.77 bits per heavy atom. The van der Waals surface area contributed by atoms with Crippen molar-refractivity contribution in [2.24, 2.45) is 0 Å². The fourth-order valence-corrected chi connectivity index (χ4v) is 4.80. The van der Waals surface area contributed by atoms with E-state index in [-0.39, 0.29) is 18.4 Å². The number of hydrogen-bond donors (Lipinski definition) is 2. The Labute approximate surface area is 177 Å². The molecular formula is C22H31N5O3. The van der Waals surface area contributed by atoms with E-state index in [1.54, 1.807) is 0 Å². The quantitative estimate of drug-likeness (QED) is 0.734. The van der Waals surface area contributed by atoms with E-state index in [0.717, 1.165) is 50.5 Å². The molecule has 162 valence electrons. The summed E-state index contributed by atoms with van der Waals surface area (Å²) in [5.41, 5.74) is 5.53. The van der Waals surface area contributed by atoms with Crippen LogP contribution in [0, 0.1) is 13.8 Å². The van der Waals surface area contributed by atoms with E-state index < -0.39 is 11.6 Å². The van der Waals surface area contributed by atoms with Crippen LogP contribution in [0.25, 0.3) is 0 Å². The van der Waals surface area contributed by atoms with E-state index in [1.165, 1.54) is 16.8 Å². The molecule has 2 N–H and O–H groups in total. The summed E-state index contributed by atoms with van der Waals surface area (Å²) in [4.78, 5) is 42.0. The van der Waals surface area contributed by atoms with Gasteiger partial charge in [0.1, 0.15) is 5.54 Å². The fraction of sp³-hybridized carbons (Fsp3) is 0.591. The Kier molecular flexibility index (Phi) is 5.69. The summed E-state index contributed by atoms with van der Waals surface area (Å²) in [7, 11) is 0. The average Bonchev–Trinajstić information content (AvgIpc) is 2.95. The van der Waals surface area contributed by atoms with Crippen molar-refractivity contribution < 1.29 is 14.4 Å². The molecule has 1 aliphatic carbocycles. The molecule has 3 fully saturated rings. The van der Waals surface area contributed by atoms with Crippen LogP contribution in [0.2, 0.25) is 0 Å². The number of nitrogens with zero attached hydrogens (tertiary/aromatic N) is 3. The lowest BCUT2D eigenvalue weighted by atomic mass is 9.82. The number of carbonyl (C=O) groups is 3. The minimum atomic E-state index is -0.820. The highest BCUT2D eigenvalue weighted by Crippen LogP contribution is 2.33. The second-order valence-electron chi connectivity index (χ2n) is 8.73. The summed E-state index contributed by atoms with van der Waals surface area (Å²) in [6.07, 6.45) is 4.19. The van der Waals surface area contributed by atoms with Crippen LogP contribution in [0.3, 0.4) is 0 Å². The van der Waals surface area contributed by atoms with Gasteiger partial charge in [0.25, 0.3) is 11.8 Å². The molecule has 0 aromatic heterocycles. The fourth-order valence-electron chi connectivity index (χ4n) is 4.80. The minimum absolute atomic E-state index is 0.171. The smallest absolute Gasteiger partial charge is 0.344 e.